The third-order valence-corrected chi connectivity index (χ3v) is 2.77. The van der Waals surface area contributed by atoms with Crippen molar-refractivity contribution in [2.45, 2.75) is 19.0 Å². The van der Waals surface area contributed by atoms with Gasteiger partial charge in [-0.15, -0.1) is 0 Å². The van der Waals surface area contributed by atoms with Crippen LogP contribution in [-0.2, 0) is 15.2 Å². The lowest BCUT2D eigenvalue weighted by molar-refractivity contribution is -0.145. The van der Waals surface area contributed by atoms with Crippen LogP contribution in [0, 0.1) is 11.7 Å². The standard InChI is InChI=1S/C12H12F2O2/c1-2-16-11(15)10-7-12(10,14)8-4-3-5-9(13)6-8/h3-6,10H,2,7H2,1H3/t10-,12+/m1/s1. The van der Waals surface area contributed by atoms with Gasteiger partial charge in [-0.2, -0.15) is 0 Å². The van der Waals surface area contributed by atoms with E-state index in [1.54, 1.807) is 6.92 Å². The Morgan fingerprint density at radius 3 is 3.00 bits per heavy atom. The summed E-state index contributed by atoms with van der Waals surface area (Å²) < 4.78 is 31.8. The van der Waals surface area contributed by atoms with E-state index in [9.17, 15) is 13.6 Å². The highest BCUT2D eigenvalue weighted by Gasteiger charge is 2.61. The second-order valence-electron chi connectivity index (χ2n) is 3.88. The van der Waals surface area contributed by atoms with Crippen molar-refractivity contribution in [3.63, 3.8) is 0 Å². The first kappa shape index (κ1) is 11.0. The lowest BCUT2D eigenvalue weighted by Crippen LogP contribution is -2.13. The minimum atomic E-state index is -1.74. The maximum Gasteiger partial charge on any atom is 0.312 e. The molecule has 0 amide bonds. The van der Waals surface area contributed by atoms with Gasteiger partial charge in [-0.3, -0.25) is 4.79 Å². The molecular formula is C12H12F2O2. The van der Waals surface area contributed by atoms with Gasteiger partial charge < -0.3 is 4.74 Å². The number of carbonyl (C=O) groups is 1. The molecule has 86 valence electrons. The minimum absolute atomic E-state index is 0.0787. The fourth-order valence-electron chi connectivity index (χ4n) is 1.82. The summed E-state index contributed by atoms with van der Waals surface area (Å²) in [4.78, 5) is 11.3. The van der Waals surface area contributed by atoms with Crippen molar-refractivity contribution in [1.82, 2.24) is 0 Å². The minimum Gasteiger partial charge on any atom is -0.466 e. The molecule has 0 aliphatic heterocycles. The van der Waals surface area contributed by atoms with Crippen LogP contribution < -0.4 is 0 Å². The highest BCUT2D eigenvalue weighted by Crippen LogP contribution is 2.56. The van der Waals surface area contributed by atoms with Gasteiger partial charge in [0.15, 0.2) is 0 Å². The van der Waals surface area contributed by atoms with Crippen LogP contribution >= 0.6 is 0 Å². The Bertz CT molecular complexity index is 419. The number of benzene rings is 1. The summed E-state index contributed by atoms with van der Waals surface area (Å²) in [7, 11) is 0. The average Bonchev–Trinajstić information content (AvgIpc) is 2.93. The Morgan fingerprint density at radius 1 is 1.62 bits per heavy atom. The molecule has 0 aromatic heterocycles. The predicted octanol–water partition coefficient (Wildman–Crippen LogP) is 2.57. The van der Waals surface area contributed by atoms with E-state index < -0.39 is 23.4 Å². The third kappa shape index (κ3) is 1.79. The van der Waals surface area contributed by atoms with Gasteiger partial charge in [0.25, 0.3) is 0 Å². The summed E-state index contributed by atoms with van der Waals surface area (Å²) in [5, 5.41) is 0. The Kier molecular flexibility index (Phi) is 2.66. The van der Waals surface area contributed by atoms with Crippen molar-refractivity contribution < 1.29 is 18.3 Å². The molecule has 0 bridgehead atoms. The van der Waals surface area contributed by atoms with E-state index in [1.807, 2.05) is 0 Å². The van der Waals surface area contributed by atoms with Crippen LogP contribution in [0.15, 0.2) is 24.3 Å². The maximum atomic E-state index is 14.2. The summed E-state index contributed by atoms with van der Waals surface area (Å²) in [6.45, 7) is 1.90. The van der Waals surface area contributed by atoms with E-state index in [4.69, 9.17) is 4.74 Å². The number of halogens is 2. The SMILES string of the molecule is CCOC(=O)[C@H]1C[C@]1(F)c1cccc(F)c1. The molecule has 1 aliphatic rings. The number of hydrogen-bond acceptors (Lipinski definition) is 2. The van der Waals surface area contributed by atoms with Crippen molar-refractivity contribution >= 4 is 5.97 Å². The summed E-state index contributed by atoms with van der Waals surface area (Å²) in [6, 6.07) is 5.29. The maximum absolute atomic E-state index is 14.2. The average molecular weight is 226 g/mol. The molecule has 0 N–H and O–H groups in total. The number of esters is 1. The molecule has 2 atom stereocenters. The predicted molar refractivity (Wildman–Crippen MR) is 53.9 cm³/mol. The zero-order valence-corrected chi connectivity index (χ0v) is 8.87. The number of carbonyl (C=O) groups excluding carboxylic acids is 1. The van der Waals surface area contributed by atoms with Crippen molar-refractivity contribution in [3.8, 4) is 0 Å². The molecule has 2 nitrogen and oxygen atoms in total. The van der Waals surface area contributed by atoms with Gasteiger partial charge in [-0.25, -0.2) is 8.78 Å². The molecule has 1 fully saturated rings. The molecule has 0 spiro atoms. The third-order valence-electron chi connectivity index (χ3n) is 2.77. The largest absolute Gasteiger partial charge is 0.466 e. The van der Waals surface area contributed by atoms with Gasteiger partial charge in [0.2, 0.25) is 0 Å². The lowest BCUT2D eigenvalue weighted by atomic mass is 10.1. The zero-order chi connectivity index (χ0) is 11.8. The fourth-order valence-corrected chi connectivity index (χ4v) is 1.82. The van der Waals surface area contributed by atoms with E-state index >= 15 is 0 Å². The van der Waals surface area contributed by atoms with Gasteiger partial charge >= 0.3 is 5.97 Å². The normalized spacial score (nSPS) is 27.6. The molecular weight excluding hydrogens is 214 g/mol. The van der Waals surface area contributed by atoms with Gasteiger partial charge in [-0.05, 0) is 24.6 Å². The fraction of sp³-hybridized carbons (Fsp3) is 0.417. The first-order valence-corrected chi connectivity index (χ1v) is 5.19. The topological polar surface area (TPSA) is 26.3 Å². The monoisotopic (exact) mass is 226 g/mol. The molecule has 1 saturated carbocycles. The van der Waals surface area contributed by atoms with E-state index in [1.165, 1.54) is 18.2 Å². The van der Waals surface area contributed by atoms with E-state index in [-0.39, 0.29) is 18.6 Å². The molecule has 4 heteroatoms. The van der Waals surface area contributed by atoms with E-state index in [0.717, 1.165) is 6.07 Å². The molecule has 0 heterocycles. The van der Waals surface area contributed by atoms with Crippen molar-refractivity contribution in [2.75, 3.05) is 6.61 Å². The summed E-state index contributed by atoms with van der Waals surface area (Å²) in [5.41, 5.74) is -1.53. The van der Waals surface area contributed by atoms with Crippen LogP contribution in [0.1, 0.15) is 18.9 Å². The van der Waals surface area contributed by atoms with Crippen LogP contribution in [0.2, 0.25) is 0 Å². The summed E-state index contributed by atoms with van der Waals surface area (Å²) >= 11 is 0. The van der Waals surface area contributed by atoms with Crippen LogP contribution in [-0.4, -0.2) is 12.6 Å². The van der Waals surface area contributed by atoms with Gasteiger partial charge in [0, 0.05) is 6.42 Å². The quantitative estimate of drug-likeness (QED) is 0.740. The highest BCUT2D eigenvalue weighted by molar-refractivity contribution is 5.78. The molecule has 16 heavy (non-hydrogen) atoms. The summed E-state index contributed by atoms with van der Waals surface area (Å²) in [5.74, 6) is -1.83. The van der Waals surface area contributed by atoms with E-state index in [0.29, 0.717) is 0 Å². The molecule has 1 aliphatic carbocycles. The van der Waals surface area contributed by atoms with Gasteiger partial charge in [-0.1, -0.05) is 12.1 Å². The lowest BCUT2D eigenvalue weighted by Gasteiger charge is -2.07. The van der Waals surface area contributed by atoms with Crippen LogP contribution in [0.25, 0.3) is 0 Å². The van der Waals surface area contributed by atoms with Gasteiger partial charge in [0.05, 0.1) is 12.5 Å². The molecule has 0 saturated heterocycles. The second-order valence-corrected chi connectivity index (χ2v) is 3.88. The number of ether oxygens (including phenoxy) is 1. The van der Waals surface area contributed by atoms with Crippen molar-refractivity contribution in [1.29, 1.82) is 0 Å². The smallest absolute Gasteiger partial charge is 0.312 e. The Labute approximate surface area is 92.2 Å². The molecule has 0 unspecified atom stereocenters. The van der Waals surface area contributed by atoms with E-state index in [2.05, 4.69) is 0 Å². The number of hydrogen-bond donors (Lipinski definition) is 0. The number of alkyl halides is 1. The van der Waals surface area contributed by atoms with Crippen molar-refractivity contribution in [3.05, 3.63) is 35.6 Å². The molecule has 0 radical (unpaired) electrons. The summed E-state index contributed by atoms with van der Waals surface area (Å²) in [6.07, 6.45) is 0.0787. The van der Waals surface area contributed by atoms with Gasteiger partial charge in [0.1, 0.15) is 11.5 Å². The first-order chi connectivity index (χ1) is 7.58. The first-order valence-electron chi connectivity index (χ1n) is 5.19. The zero-order valence-electron chi connectivity index (χ0n) is 8.87. The second kappa shape index (κ2) is 3.85. The van der Waals surface area contributed by atoms with Crippen LogP contribution in [0.5, 0.6) is 0 Å². The van der Waals surface area contributed by atoms with Crippen LogP contribution in [0.3, 0.4) is 0 Å². The Balaban J connectivity index is 2.15. The highest BCUT2D eigenvalue weighted by atomic mass is 19.1. The molecule has 1 aromatic carbocycles. The molecule has 2 rings (SSSR count). The number of rotatable bonds is 3. The van der Waals surface area contributed by atoms with Crippen LogP contribution in [0.4, 0.5) is 8.78 Å². The molecule has 1 aromatic rings. The Morgan fingerprint density at radius 2 is 2.38 bits per heavy atom. The Hall–Kier alpha value is -1.45. The van der Waals surface area contributed by atoms with Crippen molar-refractivity contribution in [2.24, 2.45) is 5.92 Å².